The highest BCUT2D eigenvalue weighted by Crippen LogP contribution is 2.15. The lowest BCUT2D eigenvalue weighted by atomic mass is 9.95. The van der Waals surface area contributed by atoms with Gasteiger partial charge in [-0.2, -0.15) is 0 Å². The Kier molecular flexibility index (Phi) is 5.66. The molecule has 0 atom stereocenters. The Morgan fingerprint density at radius 1 is 1.50 bits per heavy atom. The molecule has 1 aliphatic carbocycles. The summed E-state index contributed by atoms with van der Waals surface area (Å²) in [6.07, 6.45) is 2.26. The second kappa shape index (κ2) is 6.78. The molecular weight excluding hydrogens is 226 g/mol. The van der Waals surface area contributed by atoms with Gasteiger partial charge in [-0.1, -0.05) is 13.8 Å². The number of carbonyl (C=O) groups is 2. The number of ketones is 1. The van der Waals surface area contributed by atoms with Crippen LogP contribution in [0.5, 0.6) is 0 Å². The van der Waals surface area contributed by atoms with Gasteiger partial charge in [0.1, 0.15) is 11.7 Å². The molecule has 0 unspecified atom stereocenters. The van der Waals surface area contributed by atoms with Crippen molar-refractivity contribution in [2.45, 2.75) is 50.8 Å². The van der Waals surface area contributed by atoms with E-state index in [2.05, 4.69) is 19.2 Å². The van der Waals surface area contributed by atoms with Gasteiger partial charge in [0.15, 0.2) is 0 Å². The van der Waals surface area contributed by atoms with Crippen LogP contribution in [0.3, 0.4) is 0 Å². The van der Waals surface area contributed by atoms with Crippen molar-refractivity contribution in [3.8, 4) is 0 Å². The fourth-order valence-electron chi connectivity index (χ4n) is 1.52. The van der Waals surface area contributed by atoms with E-state index in [9.17, 15) is 9.59 Å². The molecule has 1 amide bonds. The number of hydrogen-bond donors (Lipinski definition) is 1. The molecule has 16 heavy (non-hydrogen) atoms. The van der Waals surface area contributed by atoms with E-state index in [-0.39, 0.29) is 12.1 Å². The molecule has 0 spiro atoms. The molecule has 0 radical (unpaired) electrons. The molecule has 0 bridgehead atoms. The first-order valence-electron chi connectivity index (χ1n) is 5.64. The average molecular weight is 245 g/mol. The van der Waals surface area contributed by atoms with Crippen molar-refractivity contribution in [1.29, 1.82) is 0 Å². The van der Waals surface area contributed by atoms with Crippen LogP contribution in [-0.2, 0) is 9.53 Å². The van der Waals surface area contributed by atoms with Crippen LogP contribution in [0.15, 0.2) is 0 Å². The van der Waals surface area contributed by atoms with Crippen molar-refractivity contribution in [3.63, 3.8) is 0 Å². The van der Waals surface area contributed by atoms with Crippen molar-refractivity contribution in [2.24, 2.45) is 0 Å². The predicted octanol–water partition coefficient (Wildman–Crippen LogP) is 2.32. The Balaban J connectivity index is 2.12. The molecule has 0 aromatic heterocycles. The van der Waals surface area contributed by atoms with E-state index in [1.807, 2.05) is 0 Å². The maximum Gasteiger partial charge on any atom is 0.408 e. The number of ether oxygens (including phenoxy) is 1. The molecule has 4 nitrogen and oxygen atoms in total. The normalized spacial score (nSPS) is 17.6. The average Bonchev–Trinajstić information content (AvgIpc) is 2.21. The summed E-state index contributed by atoms with van der Waals surface area (Å²) in [5.74, 6) is 0.677. The monoisotopic (exact) mass is 245 g/mol. The minimum Gasteiger partial charge on any atom is -0.438 e. The van der Waals surface area contributed by atoms with Gasteiger partial charge in [-0.3, -0.25) is 4.79 Å². The fourth-order valence-corrected chi connectivity index (χ4v) is 1.96. The number of hydrogen-bond acceptors (Lipinski definition) is 4. The van der Waals surface area contributed by atoms with Crippen LogP contribution in [0, 0.1) is 0 Å². The summed E-state index contributed by atoms with van der Waals surface area (Å²) in [7, 11) is 0. The highest BCUT2D eigenvalue weighted by molar-refractivity contribution is 7.99. The van der Waals surface area contributed by atoms with Crippen molar-refractivity contribution in [1.82, 2.24) is 5.32 Å². The smallest absolute Gasteiger partial charge is 0.408 e. The molecule has 1 rings (SSSR count). The summed E-state index contributed by atoms with van der Waals surface area (Å²) in [5, 5.41) is 3.24. The molecule has 1 saturated carbocycles. The van der Waals surface area contributed by atoms with E-state index in [0.717, 1.165) is 12.8 Å². The zero-order chi connectivity index (χ0) is 12.0. The van der Waals surface area contributed by atoms with Gasteiger partial charge in [0.05, 0.1) is 0 Å². The third-order valence-corrected chi connectivity index (χ3v) is 3.38. The number of thioether (sulfide) groups is 1. The van der Waals surface area contributed by atoms with E-state index in [4.69, 9.17) is 4.74 Å². The van der Waals surface area contributed by atoms with Crippen LogP contribution in [0.25, 0.3) is 0 Å². The zero-order valence-corrected chi connectivity index (χ0v) is 10.6. The van der Waals surface area contributed by atoms with E-state index in [1.54, 1.807) is 11.8 Å². The topological polar surface area (TPSA) is 55.4 Å². The summed E-state index contributed by atoms with van der Waals surface area (Å²) in [6, 6.07) is 0.106. The lowest BCUT2D eigenvalue weighted by Gasteiger charge is -2.21. The van der Waals surface area contributed by atoms with E-state index in [1.165, 1.54) is 0 Å². The fraction of sp³-hybridized carbons (Fsp3) is 0.818. The Bertz CT molecular complexity index is 246. The number of carbonyl (C=O) groups excluding carboxylic acids is 2. The predicted molar refractivity (Wildman–Crippen MR) is 64.5 cm³/mol. The lowest BCUT2D eigenvalue weighted by Crippen LogP contribution is -2.38. The summed E-state index contributed by atoms with van der Waals surface area (Å²) in [6.45, 7) is 4.11. The zero-order valence-electron chi connectivity index (χ0n) is 9.82. The Morgan fingerprint density at radius 3 is 2.69 bits per heavy atom. The first-order chi connectivity index (χ1) is 7.58. The van der Waals surface area contributed by atoms with Crippen LogP contribution in [0.4, 0.5) is 4.79 Å². The van der Waals surface area contributed by atoms with E-state index < -0.39 is 0 Å². The minimum atomic E-state index is -0.368. The number of alkyl carbamates (subject to hydrolysis) is 1. The molecule has 1 N–H and O–H groups in total. The van der Waals surface area contributed by atoms with Gasteiger partial charge >= 0.3 is 6.09 Å². The van der Waals surface area contributed by atoms with Gasteiger partial charge < -0.3 is 10.1 Å². The van der Waals surface area contributed by atoms with Crippen molar-refractivity contribution < 1.29 is 14.3 Å². The number of Topliss-reactive ketones (excluding diaryl/α,β-unsaturated/α-hetero) is 1. The number of nitrogens with one attached hydrogen (secondary N) is 1. The minimum absolute atomic E-state index is 0.106. The Hall–Kier alpha value is -0.710. The van der Waals surface area contributed by atoms with Gasteiger partial charge in [0.25, 0.3) is 0 Å². The summed E-state index contributed by atoms with van der Waals surface area (Å²) < 4.78 is 5.01. The molecule has 1 fully saturated rings. The first kappa shape index (κ1) is 13.4. The van der Waals surface area contributed by atoms with Crippen LogP contribution < -0.4 is 5.32 Å². The molecule has 0 aliphatic heterocycles. The Morgan fingerprint density at radius 2 is 2.12 bits per heavy atom. The third kappa shape index (κ3) is 5.39. The first-order valence-corrected chi connectivity index (χ1v) is 6.69. The van der Waals surface area contributed by atoms with Crippen molar-refractivity contribution >= 4 is 23.6 Å². The second-order valence-corrected chi connectivity index (χ2v) is 5.73. The summed E-state index contributed by atoms with van der Waals surface area (Å²) in [5.41, 5.74) is 0. The highest BCUT2D eigenvalue weighted by atomic mass is 32.2. The standard InChI is InChI=1S/C11H19NO3S/c1-8(2)16-7-15-11(14)12-9-3-5-10(13)6-4-9/h8-9H,3-7H2,1-2H3,(H,12,14). The SMILES string of the molecule is CC(C)SCOC(=O)NC1CCC(=O)CC1. The molecule has 0 aromatic carbocycles. The third-order valence-electron chi connectivity index (χ3n) is 2.46. The molecular formula is C11H19NO3S. The largest absolute Gasteiger partial charge is 0.438 e. The number of amides is 1. The van der Waals surface area contributed by atoms with Crippen LogP contribution >= 0.6 is 11.8 Å². The maximum absolute atomic E-state index is 11.3. The van der Waals surface area contributed by atoms with E-state index in [0.29, 0.717) is 29.8 Å². The quantitative estimate of drug-likeness (QED) is 0.772. The Labute approximate surface area is 100 Å². The van der Waals surface area contributed by atoms with Gasteiger partial charge in [0.2, 0.25) is 0 Å². The second-order valence-electron chi connectivity index (χ2n) is 4.22. The molecule has 5 heteroatoms. The highest BCUT2D eigenvalue weighted by Gasteiger charge is 2.20. The van der Waals surface area contributed by atoms with Crippen molar-refractivity contribution in [3.05, 3.63) is 0 Å². The van der Waals surface area contributed by atoms with Crippen molar-refractivity contribution in [2.75, 3.05) is 5.94 Å². The molecule has 0 heterocycles. The van der Waals surface area contributed by atoms with Crippen LogP contribution in [0.1, 0.15) is 39.5 Å². The van der Waals surface area contributed by atoms with Gasteiger partial charge in [-0.05, 0) is 12.8 Å². The summed E-state index contributed by atoms with van der Waals surface area (Å²) in [4.78, 5) is 22.3. The number of rotatable bonds is 4. The summed E-state index contributed by atoms with van der Waals surface area (Å²) >= 11 is 1.58. The van der Waals surface area contributed by atoms with Gasteiger partial charge in [-0.25, -0.2) is 4.79 Å². The van der Waals surface area contributed by atoms with Gasteiger partial charge in [0, 0.05) is 24.1 Å². The van der Waals surface area contributed by atoms with Gasteiger partial charge in [-0.15, -0.1) is 11.8 Å². The molecule has 92 valence electrons. The lowest BCUT2D eigenvalue weighted by molar-refractivity contribution is -0.120. The maximum atomic E-state index is 11.3. The van der Waals surface area contributed by atoms with Crippen LogP contribution in [0.2, 0.25) is 0 Å². The van der Waals surface area contributed by atoms with Crippen LogP contribution in [-0.4, -0.2) is 29.1 Å². The van der Waals surface area contributed by atoms with E-state index >= 15 is 0 Å². The molecule has 1 aliphatic rings. The molecule has 0 saturated heterocycles. The molecule has 0 aromatic rings.